The first-order valence-electron chi connectivity index (χ1n) is 10.1. The number of hydrogen-bond donors (Lipinski definition) is 4. The van der Waals surface area contributed by atoms with Crippen LogP contribution < -0.4 is 21.1 Å². The number of rotatable bonds is 5. The molecule has 0 spiro atoms. The van der Waals surface area contributed by atoms with Gasteiger partial charge in [0, 0.05) is 19.2 Å². The van der Waals surface area contributed by atoms with Crippen molar-refractivity contribution in [3.8, 4) is 0 Å². The maximum atomic E-state index is 12.5. The Balaban J connectivity index is 1.46. The van der Waals surface area contributed by atoms with Crippen molar-refractivity contribution in [2.75, 3.05) is 11.9 Å². The van der Waals surface area contributed by atoms with Crippen molar-refractivity contribution in [2.24, 2.45) is 28.8 Å². The Kier molecular flexibility index (Phi) is 5.06. The summed E-state index contributed by atoms with van der Waals surface area (Å²) in [7, 11) is -3.84. The predicted molar refractivity (Wildman–Crippen MR) is 108 cm³/mol. The zero-order chi connectivity index (χ0) is 20.8. The quantitative estimate of drug-likeness (QED) is 0.578. The van der Waals surface area contributed by atoms with E-state index in [1.54, 1.807) is 6.07 Å². The van der Waals surface area contributed by atoms with Crippen LogP contribution in [0.3, 0.4) is 0 Å². The number of benzene rings is 1. The Morgan fingerprint density at radius 2 is 1.72 bits per heavy atom. The summed E-state index contributed by atoms with van der Waals surface area (Å²) < 4.78 is 23.0. The second kappa shape index (κ2) is 7.28. The minimum absolute atomic E-state index is 0.0638. The molecule has 1 aromatic rings. The van der Waals surface area contributed by atoms with Gasteiger partial charge in [-0.3, -0.25) is 4.79 Å². The molecular weight excluding hydrogens is 392 g/mol. The highest BCUT2D eigenvalue weighted by molar-refractivity contribution is 7.89. The van der Waals surface area contributed by atoms with Gasteiger partial charge in [-0.25, -0.2) is 18.4 Å². The third-order valence-corrected chi connectivity index (χ3v) is 7.88. The molecule has 1 aromatic carbocycles. The summed E-state index contributed by atoms with van der Waals surface area (Å²) in [6.07, 6.45) is 5.72. The first-order chi connectivity index (χ1) is 13.7. The molecule has 4 aliphatic carbocycles. The van der Waals surface area contributed by atoms with Gasteiger partial charge in [0.25, 0.3) is 0 Å². The maximum Gasteiger partial charge on any atom is 0.319 e. The number of nitrogens with two attached hydrogens (primary N) is 1. The lowest BCUT2D eigenvalue weighted by atomic mass is 9.48. The molecule has 0 saturated heterocycles. The summed E-state index contributed by atoms with van der Waals surface area (Å²) in [6.45, 7) is 1.90. The van der Waals surface area contributed by atoms with Crippen LogP contribution in [-0.4, -0.2) is 32.4 Å². The molecule has 4 bridgehead atoms. The highest BCUT2D eigenvalue weighted by atomic mass is 32.2. The van der Waals surface area contributed by atoms with Crippen LogP contribution in [0.15, 0.2) is 29.2 Å². The van der Waals surface area contributed by atoms with E-state index in [1.807, 2.05) is 0 Å². The van der Waals surface area contributed by atoms with Crippen molar-refractivity contribution in [1.82, 2.24) is 10.6 Å². The number of hydrogen-bond acceptors (Lipinski definition) is 4. The van der Waals surface area contributed by atoms with E-state index in [-0.39, 0.29) is 10.8 Å². The van der Waals surface area contributed by atoms with Crippen LogP contribution in [0, 0.1) is 23.7 Å². The Morgan fingerprint density at radius 3 is 2.28 bits per heavy atom. The number of carbonyl (C=O) groups excluding carboxylic acids is 2. The largest absolute Gasteiger partial charge is 0.349 e. The number of nitrogens with one attached hydrogen (secondary N) is 3. The second-order valence-electron chi connectivity index (χ2n) is 8.91. The lowest BCUT2D eigenvalue weighted by Gasteiger charge is -2.61. The molecule has 5 rings (SSSR count). The molecule has 8 nitrogen and oxygen atoms in total. The van der Waals surface area contributed by atoms with Crippen LogP contribution in [-0.2, 0) is 14.8 Å². The molecule has 4 saturated carbocycles. The highest BCUT2D eigenvalue weighted by Gasteiger charge is 2.57. The Labute approximate surface area is 171 Å². The van der Waals surface area contributed by atoms with Gasteiger partial charge in [-0.2, -0.15) is 0 Å². The summed E-state index contributed by atoms with van der Waals surface area (Å²) >= 11 is 0. The third-order valence-electron chi connectivity index (χ3n) is 6.97. The van der Waals surface area contributed by atoms with Crippen LogP contribution in [0.5, 0.6) is 0 Å². The van der Waals surface area contributed by atoms with Gasteiger partial charge >= 0.3 is 6.03 Å². The average molecular weight is 421 g/mol. The topological polar surface area (TPSA) is 130 Å². The summed E-state index contributed by atoms with van der Waals surface area (Å²) in [5, 5.41) is 13.9. The van der Waals surface area contributed by atoms with E-state index in [1.165, 1.54) is 31.5 Å². The van der Waals surface area contributed by atoms with Crippen molar-refractivity contribution < 1.29 is 18.0 Å². The minimum atomic E-state index is -3.84. The minimum Gasteiger partial charge on any atom is -0.349 e. The summed E-state index contributed by atoms with van der Waals surface area (Å²) in [5.41, 5.74) is -0.0633. The monoisotopic (exact) mass is 420 g/mol. The van der Waals surface area contributed by atoms with E-state index in [0.29, 0.717) is 24.1 Å². The van der Waals surface area contributed by atoms with E-state index >= 15 is 0 Å². The molecule has 0 radical (unpaired) electrons. The number of sulfonamides is 1. The lowest BCUT2D eigenvalue weighted by molar-refractivity contribution is -0.129. The molecule has 0 unspecified atom stereocenters. The average Bonchev–Trinajstić information content (AvgIpc) is 2.62. The van der Waals surface area contributed by atoms with Gasteiger partial charge < -0.3 is 16.0 Å². The fourth-order valence-electron chi connectivity index (χ4n) is 6.04. The number of primary sulfonamides is 1. The second-order valence-corrected chi connectivity index (χ2v) is 10.5. The zero-order valence-corrected chi connectivity index (χ0v) is 17.3. The number of amides is 3. The number of carbonyl (C=O) groups is 2. The summed E-state index contributed by atoms with van der Waals surface area (Å²) in [4.78, 5) is 24.5. The zero-order valence-electron chi connectivity index (χ0n) is 16.5. The van der Waals surface area contributed by atoms with E-state index in [4.69, 9.17) is 5.14 Å². The molecule has 4 aliphatic rings. The molecular formula is C20H28N4O4S. The molecule has 29 heavy (non-hydrogen) atoms. The predicted octanol–water partition coefficient (Wildman–Crippen LogP) is 1.79. The van der Waals surface area contributed by atoms with E-state index < -0.39 is 21.6 Å². The van der Waals surface area contributed by atoms with Crippen molar-refractivity contribution in [3.05, 3.63) is 24.3 Å². The summed E-state index contributed by atoms with van der Waals surface area (Å²) in [6, 6.07) is 5.38. The van der Waals surface area contributed by atoms with Crippen LogP contribution in [0.4, 0.5) is 10.5 Å². The molecule has 0 aromatic heterocycles. The van der Waals surface area contributed by atoms with Gasteiger partial charge in [0.05, 0.1) is 10.4 Å². The third kappa shape index (κ3) is 3.98. The van der Waals surface area contributed by atoms with Crippen LogP contribution >= 0.6 is 0 Å². The Morgan fingerprint density at radius 1 is 1.10 bits per heavy atom. The van der Waals surface area contributed by atoms with Gasteiger partial charge in [-0.15, -0.1) is 0 Å². The highest BCUT2D eigenvalue weighted by Crippen LogP contribution is 2.58. The van der Waals surface area contributed by atoms with Crippen LogP contribution in [0.1, 0.15) is 39.0 Å². The van der Waals surface area contributed by atoms with Gasteiger partial charge in [-0.1, -0.05) is 6.07 Å². The first-order valence-corrected chi connectivity index (χ1v) is 11.7. The number of urea groups is 1. The van der Waals surface area contributed by atoms with E-state index in [2.05, 4.69) is 16.0 Å². The Bertz CT molecular complexity index is 902. The SMILES string of the molecule is CC(=O)NC1(CNC(=O)Nc2cccc(S(N)(=O)=O)c2)C2CC3CC(C2)CC1C3. The van der Waals surface area contributed by atoms with Gasteiger partial charge in [0.2, 0.25) is 15.9 Å². The molecule has 158 valence electrons. The smallest absolute Gasteiger partial charge is 0.319 e. The number of anilines is 1. The normalized spacial score (nSPS) is 32.6. The van der Waals surface area contributed by atoms with Gasteiger partial charge in [0.1, 0.15) is 0 Å². The fraction of sp³-hybridized carbons (Fsp3) is 0.600. The molecule has 0 aliphatic heterocycles. The van der Waals surface area contributed by atoms with Crippen LogP contribution in [0.25, 0.3) is 0 Å². The van der Waals surface area contributed by atoms with Crippen molar-refractivity contribution in [3.63, 3.8) is 0 Å². The Hall–Kier alpha value is -2.13. The first kappa shape index (κ1) is 20.2. The molecule has 9 heteroatoms. The van der Waals surface area contributed by atoms with Crippen molar-refractivity contribution in [2.45, 2.75) is 49.5 Å². The van der Waals surface area contributed by atoms with Crippen LogP contribution in [0.2, 0.25) is 0 Å². The van der Waals surface area contributed by atoms with E-state index in [0.717, 1.165) is 37.5 Å². The van der Waals surface area contributed by atoms with Crippen molar-refractivity contribution in [1.29, 1.82) is 0 Å². The molecule has 0 heterocycles. The molecule has 4 fully saturated rings. The fourth-order valence-corrected chi connectivity index (χ4v) is 6.60. The maximum absolute atomic E-state index is 12.5. The van der Waals surface area contributed by atoms with Gasteiger partial charge in [0.15, 0.2) is 0 Å². The summed E-state index contributed by atoms with van der Waals surface area (Å²) in [5.74, 6) is 2.19. The lowest BCUT2D eigenvalue weighted by Crippen LogP contribution is -2.70. The standard InChI is InChI=1S/C20H28N4O4S/c1-12(25)24-20(15-6-13-5-14(8-15)9-16(20)7-13)11-22-19(26)23-17-3-2-4-18(10-17)29(21,27)28/h2-4,10,13-16H,5-9,11H2,1H3,(H,24,25)(H2,21,27,28)(H2,22,23,26). The molecule has 5 N–H and O–H groups in total. The van der Waals surface area contributed by atoms with Gasteiger partial charge in [-0.05, 0) is 74.0 Å². The molecule has 3 amide bonds. The van der Waals surface area contributed by atoms with E-state index in [9.17, 15) is 18.0 Å². The van der Waals surface area contributed by atoms with Crippen molar-refractivity contribution >= 4 is 27.6 Å². The molecule has 0 atom stereocenters.